The minimum Gasteiger partial charge on any atom is -0.362 e. The molecule has 116 valence electrons. The van der Waals surface area contributed by atoms with Crippen LogP contribution in [0.2, 0.25) is 0 Å². The lowest BCUT2D eigenvalue weighted by Gasteiger charge is -2.09. The molecule has 0 spiro atoms. The lowest BCUT2D eigenvalue weighted by molar-refractivity contribution is -0.175. The van der Waals surface area contributed by atoms with Gasteiger partial charge in [0.05, 0.1) is 0 Å². The molecular formula is C14H15F4NO2. The lowest BCUT2D eigenvalue weighted by atomic mass is 10.1. The minimum absolute atomic E-state index is 0.0784. The fraction of sp³-hybridized carbons (Fsp3) is 0.500. The van der Waals surface area contributed by atoms with E-state index >= 15 is 0 Å². The Morgan fingerprint density at radius 1 is 1.33 bits per heavy atom. The van der Waals surface area contributed by atoms with Crippen LogP contribution in [0.25, 0.3) is 0 Å². The van der Waals surface area contributed by atoms with E-state index in [1.165, 1.54) is 6.07 Å². The first-order chi connectivity index (χ1) is 9.85. The molecule has 2 rings (SSSR count). The highest BCUT2D eigenvalue weighted by Crippen LogP contribution is 2.40. The van der Waals surface area contributed by atoms with Crippen molar-refractivity contribution < 1.29 is 27.1 Å². The molecular weight excluding hydrogens is 290 g/mol. The van der Waals surface area contributed by atoms with E-state index in [9.17, 15) is 22.4 Å². The van der Waals surface area contributed by atoms with Crippen molar-refractivity contribution in [3.8, 4) is 0 Å². The Morgan fingerprint density at radius 3 is 2.62 bits per heavy atom. The molecule has 0 bridgehead atoms. The smallest absolute Gasteiger partial charge is 0.362 e. The predicted octanol–water partition coefficient (Wildman–Crippen LogP) is 2.90. The number of hydrogen-bond acceptors (Lipinski definition) is 2. The Labute approximate surface area is 119 Å². The summed E-state index contributed by atoms with van der Waals surface area (Å²) in [5.74, 6) is -0.709. The molecule has 21 heavy (non-hydrogen) atoms. The number of nitrogens with one attached hydrogen (secondary N) is 1. The number of ether oxygens (including phenoxy) is 1. The summed E-state index contributed by atoms with van der Waals surface area (Å²) >= 11 is 0. The molecule has 1 aromatic rings. The predicted molar refractivity (Wildman–Crippen MR) is 67.1 cm³/mol. The SMILES string of the molecule is O=C(COCC(F)(F)F)NCc1ccc(C2CC2)cc1F. The second-order valence-electron chi connectivity index (χ2n) is 5.01. The van der Waals surface area contributed by atoms with E-state index in [1.54, 1.807) is 6.07 Å². The number of carbonyl (C=O) groups excluding carboxylic acids is 1. The van der Waals surface area contributed by atoms with Gasteiger partial charge in [-0.1, -0.05) is 12.1 Å². The van der Waals surface area contributed by atoms with Gasteiger partial charge in [-0.25, -0.2) is 4.39 Å². The Morgan fingerprint density at radius 2 is 2.05 bits per heavy atom. The number of benzene rings is 1. The summed E-state index contributed by atoms with van der Waals surface area (Å²) in [6.45, 7) is -2.27. The second kappa shape index (κ2) is 6.43. The molecule has 1 N–H and O–H groups in total. The van der Waals surface area contributed by atoms with Gasteiger partial charge in [0.1, 0.15) is 19.0 Å². The van der Waals surface area contributed by atoms with Crippen LogP contribution in [0.4, 0.5) is 17.6 Å². The first-order valence-electron chi connectivity index (χ1n) is 6.54. The first kappa shape index (κ1) is 15.8. The molecule has 1 saturated carbocycles. The lowest BCUT2D eigenvalue weighted by Crippen LogP contribution is -2.29. The maximum absolute atomic E-state index is 13.8. The summed E-state index contributed by atoms with van der Waals surface area (Å²) in [6, 6.07) is 4.83. The van der Waals surface area contributed by atoms with Crippen LogP contribution in [-0.4, -0.2) is 25.3 Å². The average molecular weight is 305 g/mol. The first-order valence-corrected chi connectivity index (χ1v) is 6.54. The Kier molecular flexibility index (Phi) is 4.82. The van der Waals surface area contributed by atoms with Crippen molar-refractivity contribution >= 4 is 5.91 Å². The van der Waals surface area contributed by atoms with Crippen LogP contribution in [0.5, 0.6) is 0 Å². The van der Waals surface area contributed by atoms with Gasteiger partial charge < -0.3 is 10.1 Å². The zero-order valence-electron chi connectivity index (χ0n) is 11.2. The van der Waals surface area contributed by atoms with Gasteiger partial charge >= 0.3 is 6.18 Å². The summed E-state index contributed by atoms with van der Waals surface area (Å²) in [4.78, 5) is 11.3. The number of amides is 1. The van der Waals surface area contributed by atoms with Gasteiger partial charge in [0, 0.05) is 12.1 Å². The van der Waals surface area contributed by atoms with Crippen molar-refractivity contribution in [3.05, 3.63) is 35.1 Å². The Bertz CT molecular complexity index is 512. The van der Waals surface area contributed by atoms with Crippen molar-refractivity contribution in [3.63, 3.8) is 0 Å². The van der Waals surface area contributed by atoms with Crippen LogP contribution >= 0.6 is 0 Å². The average Bonchev–Trinajstić information content (AvgIpc) is 3.20. The van der Waals surface area contributed by atoms with Gasteiger partial charge in [0.2, 0.25) is 5.91 Å². The van der Waals surface area contributed by atoms with Crippen molar-refractivity contribution in [2.75, 3.05) is 13.2 Å². The van der Waals surface area contributed by atoms with Gasteiger partial charge in [0.25, 0.3) is 0 Å². The minimum atomic E-state index is -4.47. The standard InChI is InChI=1S/C14H15F4NO2/c15-12-5-10(9-1-2-9)3-4-11(12)6-19-13(20)7-21-8-14(16,17)18/h3-5,9H,1-2,6-8H2,(H,19,20). The third-order valence-corrected chi connectivity index (χ3v) is 3.10. The summed E-state index contributed by atoms with van der Waals surface area (Å²) < 4.78 is 53.4. The Balaban J connectivity index is 1.76. The van der Waals surface area contributed by atoms with E-state index in [0.717, 1.165) is 18.4 Å². The molecule has 0 heterocycles. The molecule has 0 saturated heterocycles. The molecule has 1 amide bonds. The maximum Gasteiger partial charge on any atom is 0.411 e. The quantitative estimate of drug-likeness (QED) is 0.821. The number of hydrogen-bond donors (Lipinski definition) is 1. The fourth-order valence-corrected chi connectivity index (χ4v) is 1.88. The second-order valence-corrected chi connectivity index (χ2v) is 5.01. The highest BCUT2D eigenvalue weighted by atomic mass is 19.4. The molecule has 3 nitrogen and oxygen atoms in total. The number of rotatable bonds is 6. The van der Waals surface area contributed by atoms with E-state index in [4.69, 9.17) is 0 Å². The molecule has 1 aliphatic rings. The van der Waals surface area contributed by atoms with Crippen LogP contribution in [0.15, 0.2) is 18.2 Å². The molecule has 1 aliphatic carbocycles. The van der Waals surface area contributed by atoms with Gasteiger partial charge in [0.15, 0.2) is 0 Å². The molecule has 0 unspecified atom stereocenters. The van der Waals surface area contributed by atoms with Crippen LogP contribution < -0.4 is 5.32 Å². The number of halogens is 4. The van der Waals surface area contributed by atoms with Gasteiger partial charge in [-0.15, -0.1) is 0 Å². The maximum atomic E-state index is 13.8. The zero-order valence-corrected chi connectivity index (χ0v) is 11.2. The molecule has 0 aromatic heterocycles. The zero-order chi connectivity index (χ0) is 15.5. The fourth-order valence-electron chi connectivity index (χ4n) is 1.88. The van der Waals surface area contributed by atoms with Crippen molar-refractivity contribution in [2.24, 2.45) is 0 Å². The van der Waals surface area contributed by atoms with Crippen molar-refractivity contribution in [1.29, 1.82) is 0 Å². The summed E-state index contributed by atoms with van der Waals surface area (Å²) in [7, 11) is 0. The Hall–Kier alpha value is -1.63. The van der Waals surface area contributed by atoms with Crippen molar-refractivity contribution in [2.45, 2.75) is 31.5 Å². The van der Waals surface area contributed by atoms with Gasteiger partial charge in [-0.2, -0.15) is 13.2 Å². The van der Waals surface area contributed by atoms with Gasteiger partial charge in [-0.05, 0) is 30.4 Å². The third-order valence-electron chi connectivity index (χ3n) is 3.10. The van der Waals surface area contributed by atoms with Crippen LogP contribution in [0.1, 0.15) is 29.9 Å². The largest absolute Gasteiger partial charge is 0.411 e. The number of carbonyl (C=O) groups is 1. The topological polar surface area (TPSA) is 38.3 Å². The molecule has 1 aromatic carbocycles. The highest BCUT2D eigenvalue weighted by Gasteiger charge is 2.27. The van der Waals surface area contributed by atoms with E-state index in [2.05, 4.69) is 10.1 Å². The monoisotopic (exact) mass is 305 g/mol. The normalized spacial score (nSPS) is 15.0. The van der Waals surface area contributed by atoms with E-state index in [0.29, 0.717) is 11.5 Å². The number of alkyl halides is 3. The van der Waals surface area contributed by atoms with E-state index in [-0.39, 0.29) is 6.54 Å². The van der Waals surface area contributed by atoms with Gasteiger partial charge in [-0.3, -0.25) is 4.79 Å². The van der Waals surface area contributed by atoms with E-state index in [1.807, 2.05) is 6.07 Å². The summed E-state index contributed by atoms with van der Waals surface area (Å²) in [5.41, 5.74) is 1.24. The van der Waals surface area contributed by atoms with Crippen LogP contribution in [0, 0.1) is 5.82 Å². The highest BCUT2D eigenvalue weighted by molar-refractivity contribution is 5.77. The van der Waals surface area contributed by atoms with Crippen molar-refractivity contribution in [1.82, 2.24) is 5.32 Å². The van der Waals surface area contributed by atoms with Crippen LogP contribution in [0.3, 0.4) is 0 Å². The van der Waals surface area contributed by atoms with E-state index < -0.39 is 31.1 Å². The molecule has 1 fully saturated rings. The molecule has 0 atom stereocenters. The summed E-state index contributed by atoms with van der Waals surface area (Å²) in [5, 5.41) is 2.32. The van der Waals surface area contributed by atoms with Crippen LogP contribution in [-0.2, 0) is 16.1 Å². The molecule has 7 heteroatoms. The third kappa shape index (κ3) is 5.34. The summed E-state index contributed by atoms with van der Waals surface area (Å²) in [6.07, 6.45) is -2.34. The molecule has 0 aliphatic heterocycles. The molecule has 0 radical (unpaired) electrons.